The molecule has 6 nitrogen and oxygen atoms in total. The van der Waals surface area contributed by atoms with Gasteiger partial charge in [0.1, 0.15) is 12.4 Å². The summed E-state index contributed by atoms with van der Waals surface area (Å²) in [5, 5.41) is 3.34. The minimum atomic E-state index is -4.11. The minimum absolute atomic E-state index is 0.192. The molecule has 0 bridgehead atoms. The molecule has 1 aliphatic rings. The summed E-state index contributed by atoms with van der Waals surface area (Å²) in [5.74, 6) is -2.35. The highest BCUT2D eigenvalue weighted by molar-refractivity contribution is 7.92. The molecule has 1 amide bonds. The zero-order chi connectivity index (χ0) is 22.9. The molecule has 1 unspecified atom stereocenters. The monoisotopic (exact) mass is 478 g/mol. The molecule has 4 rings (SSSR count). The molecule has 32 heavy (non-hydrogen) atoms. The Labute approximate surface area is 188 Å². The fourth-order valence-corrected chi connectivity index (χ4v) is 4.52. The van der Waals surface area contributed by atoms with Crippen LogP contribution in [0.25, 0.3) is 0 Å². The van der Waals surface area contributed by atoms with Gasteiger partial charge in [-0.25, -0.2) is 17.2 Å². The first-order valence-corrected chi connectivity index (χ1v) is 11.4. The van der Waals surface area contributed by atoms with E-state index >= 15 is 0 Å². The quantitative estimate of drug-likeness (QED) is 0.561. The van der Waals surface area contributed by atoms with Crippen molar-refractivity contribution in [1.82, 2.24) is 0 Å². The van der Waals surface area contributed by atoms with Gasteiger partial charge in [0.25, 0.3) is 10.0 Å². The molecule has 0 saturated carbocycles. The standard InChI is InChI=1S/C22H17ClF2N2O4S/c23-15-1-8-21-13(10-15)9-14(12-31-21)22(28)26-16-2-4-17(5-3-16)27-32(29,30)18-6-7-19(24)20(25)11-18/h1-8,10-11,14,27H,9,12H2,(H,26,28). The van der Waals surface area contributed by atoms with Gasteiger partial charge in [0, 0.05) is 16.4 Å². The van der Waals surface area contributed by atoms with Crippen molar-refractivity contribution in [3.8, 4) is 5.75 Å². The van der Waals surface area contributed by atoms with Crippen LogP contribution in [0.15, 0.2) is 65.6 Å². The van der Waals surface area contributed by atoms with Gasteiger partial charge in [-0.05, 0) is 72.6 Å². The molecule has 1 aliphatic heterocycles. The summed E-state index contributed by atoms with van der Waals surface area (Å²) in [4.78, 5) is 12.2. The van der Waals surface area contributed by atoms with Crippen molar-refractivity contribution in [2.45, 2.75) is 11.3 Å². The second-order valence-electron chi connectivity index (χ2n) is 7.21. The molecule has 10 heteroatoms. The first-order valence-electron chi connectivity index (χ1n) is 9.51. The fourth-order valence-electron chi connectivity index (χ4n) is 3.26. The van der Waals surface area contributed by atoms with E-state index in [1.807, 2.05) is 0 Å². The van der Waals surface area contributed by atoms with E-state index < -0.39 is 32.5 Å². The number of carbonyl (C=O) groups excluding carboxylic acids is 1. The molecule has 166 valence electrons. The van der Waals surface area contributed by atoms with Crippen LogP contribution in [-0.4, -0.2) is 20.9 Å². The number of nitrogens with one attached hydrogen (secondary N) is 2. The molecule has 0 aliphatic carbocycles. The minimum Gasteiger partial charge on any atom is -0.492 e. The van der Waals surface area contributed by atoms with Gasteiger partial charge < -0.3 is 10.1 Å². The molecular formula is C22H17ClF2N2O4S. The Balaban J connectivity index is 1.40. The number of fused-ring (bicyclic) bond motifs is 1. The van der Waals surface area contributed by atoms with E-state index in [-0.39, 0.29) is 18.2 Å². The molecule has 3 aromatic carbocycles. The molecule has 0 radical (unpaired) electrons. The van der Waals surface area contributed by atoms with Gasteiger partial charge in [-0.2, -0.15) is 0 Å². The van der Waals surface area contributed by atoms with Crippen LogP contribution in [-0.2, 0) is 21.2 Å². The van der Waals surface area contributed by atoms with Crippen LogP contribution < -0.4 is 14.8 Å². The number of hydrogen-bond donors (Lipinski definition) is 2. The van der Waals surface area contributed by atoms with Gasteiger partial charge in [-0.1, -0.05) is 11.6 Å². The van der Waals surface area contributed by atoms with Crippen LogP contribution in [0.1, 0.15) is 5.56 Å². The maximum atomic E-state index is 13.4. The van der Waals surface area contributed by atoms with Crippen molar-refractivity contribution >= 4 is 38.9 Å². The molecule has 0 fully saturated rings. The predicted molar refractivity (Wildman–Crippen MR) is 116 cm³/mol. The summed E-state index contributed by atoms with van der Waals surface area (Å²) in [7, 11) is -4.11. The second-order valence-corrected chi connectivity index (χ2v) is 9.33. The Morgan fingerprint density at radius 3 is 2.41 bits per heavy atom. The number of benzene rings is 3. The zero-order valence-corrected chi connectivity index (χ0v) is 18.0. The van der Waals surface area contributed by atoms with Crippen molar-refractivity contribution < 1.29 is 26.7 Å². The summed E-state index contributed by atoms with van der Waals surface area (Å²) < 4.78 is 59.1. The average Bonchev–Trinajstić information content (AvgIpc) is 2.76. The largest absolute Gasteiger partial charge is 0.492 e. The fraction of sp³-hybridized carbons (Fsp3) is 0.136. The van der Waals surface area contributed by atoms with Gasteiger partial charge in [0.15, 0.2) is 11.6 Å². The summed E-state index contributed by atoms with van der Waals surface area (Å²) in [6.45, 7) is 0.229. The number of ether oxygens (including phenoxy) is 1. The summed E-state index contributed by atoms with van der Waals surface area (Å²) in [5.41, 5.74) is 1.51. The first kappa shape index (κ1) is 22.0. The molecule has 0 spiro atoms. The van der Waals surface area contributed by atoms with Gasteiger partial charge in [0.2, 0.25) is 5.91 Å². The second kappa shape index (κ2) is 8.76. The highest BCUT2D eigenvalue weighted by Gasteiger charge is 2.26. The van der Waals surface area contributed by atoms with Crippen LogP contribution in [0.4, 0.5) is 20.2 Å². The summed E-state index contributed by atoms with van der Waals surface area (Å²) >= 11 is 6.01. The van der Waals surface area contributed by atoms with Crippen molar-refractivity contribution in [3.63, 3.8) is 0 Å². The maximum absolute atomic E-state index is 13.4. The van der Waals surface area contributed by atoms with Gasteiger partial charge >= 0.3 is 0 Å². The number of carbonyl (C=O) groups is 1. The van der Waals surface area contributed by atoms with Crippen LogP contribution in [0.5, 0.6) is 5.75 Å². The number of sulfonamides is 1. The van der Waals surface area contributed by atoms with Gasteiger partial charge in [-0.15, -0.1) is 0 Å². The zero-order valence-electron chi connectivity index (χ0n) is 16.4. The highest BCUT2D eigenvalue weighted by Crippen LogP contribution is 2.30. The van der Waals surface area contributed by atoms with Gasteiger partial charge in [-0.3, -0.25) is 9.52 Å². The van der Waals surface area contributed by atoms with Crippen LogP contribution in [0.2, 0.25) is 5.02 Å². The Kier molecular flexibility index (Phi) is 6.03. The highest BCUT2D eigenvalue weighted by atomic mass is 35.5. The number of rotatable bonds is 5. The van der Waals surface area contributed by atoms with Crippen molar-refractivity contribution in [2.24, 2.45) is 5.92 Å². The summed E-state index contributed by atoms with van der Waals surface area (Å²) in [6, 6.07) is 13.5. The van der Waals surface area contributed by atoms with E-state index in [4.69, 9.17) is 16.3 Å². The lowest BCUT2D eigenvalue weighted by molar-refractivity contribution is -0.121. The normalized spacial score (nSPS) is 15.4. The summed E-state index contributed by atoms with van der Waals surface area (Å²) in [6.07, 6.45) is 0.480. The van der Waals surface area contributed by atoms with Crippen molar-refractivity contribution in [2.75, 3.05) is 16.6 Å². The molecule has 1 atom stereocenters. The average molecular weight is 479 g/mol. The third-order valence-electron chi connectivity index (χ3n) is 4.91. The Morgan fingerprint density at radius 2 is 1.69 bits per heavy atom. The number of halogens is 3. The first-order chi connectivity index (χ1) is 15.2. The lowest BCUT2D eigenvalue weighted by Crippen LogP contribution is -2.32. The van der Waals surface area contributed by atoms with Gasteiger partial charge in [0.05, 0.1) is 10.8 Å². The molecule has 3 aromatic rings. The topological polar surface area (TPSA) is 84.5 Å². The molecular weight excluding hydrogens is 462 g/mol. The predicted octanol–water partition coefficient (Wildman–Crippen LogP) is 4.61. The molecule has 2 N–H and O–H groups in total. The van der Waals surface area contributed by atoms with Crippen LogP contribution in [0, 0.1) is 17.6 Å². The van der Waals surface area contributed by atoms with E-state index in [0.29, 0.717) is 28.9 Å². The smallest absolute Gasteiger partial charge is 0.261 e. The lowest BCUT2D eigenvalue weighted by atomic mass is 9.96. The van der Waals surface area contributed by atoms with E-state index in [0.717, 1.165) is 17.7 Å². The Morgan fingerprint density at radius 1 is 0.969 bits per heavy atom. The van der Waals surface area contributed by atoms with E-state index in [1.165, 1.54) is 24.3 Å². The van der Waals surface area contributed by atoms with Crippen LogP contribution >= 0.6 is 11.6 Å². The number of anilines is 2. The Hall–Kier alpha value is -3.17. The van der Waals surface area contributed by atoms with Crippen LogP contribution in [0.3, 0.4) is 0 Å². The lowest BCUT2D eigenvalue weighted by Gasteiger charge is -2.24. The van der Waals surface area contributed by atoms with E-state index in [9.17, 15) is 22.0 Å². The maximum Gasteiger partial charge on any atom is 0.261 e. The SMILES string of the molecule is O=C(Nc1ccc(NS(=O)(=O)c2ccc(F)c(F)c2)cc1)C1COc2ccc(Cl)cc2C1. The van der Waals surface area contributed by atoms with E-state index in [2.05, 4.69) is 10.0 Å². The molecule has 1 heterocycles. The molecule has 0 saturated heterocycles. The number of amides is 1. The third kappa shape index (κ3) is 4.84. The third-order valence-corrected chi connectivity index (χ3v) is 6.52. The number of hydrogen-bond acceptors (Lipinski definition) is 4. The van der Waals surface area contributed by atoms with E-state index in [1.54, 1.807) is 18.2 Å². The van der Waals surface area contributed by atoms with Crippen molar-refractivity contribution in [3.05, 3.63) is 82.9 Å². The Bertz CT molecular complexity index is 1280. The van der Waals surface area contributed by atoms with Crippen molar-refractivity contribution in [1.29, 1.82) is 0 Å². The molecule has 0 aromatic heterocycles.